The fraction of sp³-hybridized carbons (Fsp3) is 0.375. The molecule has 1 aromatic carbocycles. The summed E-state index contributed by atoms with van der Waals surface area (Å²) in [5, 5.41) is 1.63. The summed E-state index contributed by atoms with van der Waals surface area (Å²) in [6, 6.07) is 10.1. The van der Waals surface area contributed by atoms with E-state index in [1.807, 2.05) is 12.1 Å². The van der Waals surface area contributed by atoms with Crippen molar-refractivity contribution in [2.75, 3.05) is 13.1 Å². The van der Waals surface area contributed by atoms with Gasteiger partial charge in [0.25, 0.3) is 0 Å². The molecule has 1 fully saturated rings. The molecule has 168 valence electrons. The van der Waals surface area contributed by atoms with E-state index < -0.39 is 11.8 Å². The molecule has 3 heterocycles. The van der Waals surface area contributed by atoms with Crippen LogP contribution in [0.1, 0.15) is 45.4 Å². The largest absolute Gasteiger partial charge is 0.528 e. The zero-order chi connectivity index (χ0) is 22.7. The molecule has 8 heteroatoms. The summed E-state index contributed by atoms with van der Waals surface area (Å²) in [6.07, 6.45) is 4.50. The van der Waals surface area contributed by atoms with Gasteiger partial charge in [0.15, 0.2) is 0 Å². The molecule has 1 unspecified atom stereocenters. The van der Waals surface area contributed by atoms with Gasteiger partial charge >= 0.3 is 6.16 Å². The summed E-state index contributed by atoms with van der Waals surface area (Å²) < 4.78 is 18.7. The van der Waals surface area contributed by atoms with Crippen LogP contribution in [-0.2, 0) is 9.57 Å². The van der Waals surface area contributed by atoms with Gasteiger partial charge in [0, 0.05) is 42.5 Å². The third kappa shape index (κ3) is 5.31. The molecule has 3 aromatic rings. The molecule has 0 spiro atoms. The highest BCUT2D eigenvalue weighted by Gasteiger charge is 2.29. The first-order valence-corrected chi connectivity index (χ1v) is 10.7. The van der Waals surface area contributed by atoms with Crippen molar-refractivity contribution in [3.05, 3.63) is 60.4 Å². The molecule has 1 saturated heterocycles. The molecular formula is C24H27FN4O3. The van der Waals surface area contributed by atoms with Gasteiger partial charge in [-0.15, -0.1) is 5.06 Å². The Kier molecular flexibility index (Phi) is 6.23. The molecule has 32 heavy (non-hydrogen) atoms. The Morgan fingerprint density at radius 1 is 1.12 bits per heavy atom. The van der Waals surface area contributed by atoms with E-state index in [4.69, 9.17) is 14.6 Å². The minimum absolute atomic E-state index is 0.0426. The number of nitrogens with zero attached hydrogens (tertiary/aromatic N) is 3. The molecule has 1 aliphatic rings. The standard InChI is InChI=1S/C24H27FN4O3/c1-24(2,3)31-23(30)32-29-14-4-5-18(15-29)22-27-20(16-6-8-19(25)9-7-16)21(28-22)17-10-12-26-13-11-17/h6-13,18H,4-5,14-15H2,1-3H3,(H,27,28). The van der Waals surface area contributed by atoms with Gasteiger partial charge in [0.2, 0.25) is 0 Å². The summed E-state index contributed by atoms with van der Waals surface area (Å²) >= 11 is 0. The lowest BCUT2D eigenvalue weighted by Gasteiger charge is -2.30. The number of pyridine rings is 1. The summed E-state index contributed by atoms with van der Waals surface area (Å²) in [5.74, 6) is 0.548. The van der Waals surface area contributed by atoms with E-state index in [1.165, 1.54) is 12.1 Å². The highest BCUT2D eigenvalue weighted by molar-refractivity contribution is 5.78. The number of imidazole rings is 1. The summed E-state index contributed by atoms with van der Waals surface area (Å²) in [4.78, 5) is 29.9. The number of aromatic nitrogens is 3. The van der Waals surface area contributed by atoms with Crippen molar-refractivity contribution in [3.63, 3.8) is 0 Å². The molecule has 0 bridgehead atoms. The number of benzene rings is 1. The van der Waals surface area contributed by atoms with E-state index in [1.54, 1.807) is 50.4 Å². The Morgan fingerprint density at radius 3 is 2.53 bits per heavy atom. The molecule has 7 nitrogen and oxygen atoms in total. The van der Waals surface area contributed by atoms with Crippen LogP contribution in [0, 0.1) is 5.82 Å². The van der Waals surface area contributed by atoms with Crippen LogP contribution in [0.25, 0.3) is 22.5 Å². The smallest absolute Gasteiger partial charge is 0.427 e. The third-order valence-corrected chi connectivity index (χ3v) is 5.17. The van der Waals surface area contributed by atoms with Gasteiger partial charge in [-0.1, -0.05) is 0 Å². The zero-order valence-corrected chi connectivity index (χ0v) is 18.5. The lowest BCUT2D eigenvalue weighted by atomic mass is 9.99. The minimum Gasteiger partial charge on any atom is -0.427 e. The van der Waals surface area contributed by atoms with E-state index >= 15 is 0 Å². The molecule has 0 amide bonds. The van der Waals surface area contributed by atoms with Crippen molar-refractivity contribution in [2.45, 2.75) is 45.1 Å². The number of H-pyrrole nitrogens is 1. The second-order valence-electron chi connectivity index (χ2n) is 8.87. The first-order valence-electron chi connectivity index (χ1n) is 10.7. The van der Waals surface area contributed by atoms with E-state index in [0.29, 0.717) is 13.1 Å². The van der Waals surface area contributed by atoms with Crippen molar-refractivity contribution >= 4 is 6.16 Å². The van der Waals surface area contributed by atoms with Crippen molar-refractivity contribution < 1.29 is 18.8 Å². The molecule has 0 saturated carbocycles. The first-order chi connectivity index (χ1) is 15.3. The van der Waals surface area contributed by atoms with E-state index in [-0.39, 0.29) is 11.7 Å². The van der Waals surface area contributed by atoms with Crippen LogP contribution in [0.2, 0.25) is 0 Å². The number of halogens is 1. The van der Waals surface area contributed by atoms with Gasteiger partial charge in [-0.25, -0.2) is 14.2 Å². The summed E-state index contributed by atoms with van der Waals surface area (Å²) in [7, 11) is 0. The Bertz CT molecular complexity index is 1060. The highest BCUT2D eigenvalue weighted by Crippen LogP contribution is 2.34. The number of hydrogen-bond acceptors (Lipinski definition) is 6. The van der Waals surface area contributed by atoms with Crippen molar-refractivity contribution in [1.29, 1.82) is 0 Å². The molecule has 1 aliphatic heterocycles. The molecular weight excluding hydrogens is 411 g/mol. The fourth-order valence-corrected chi connectivity index (χ4v) is 3.75. The predicted octanol–water partition coefficient (Wildman–Crippen LogP) is 5.32. The highest BCUT2D eigenvalue weighted by atomic mass is 19.1. The van der Waals surface area contributed by atoms with Crippen LogP contribution in [-0.4, -0.2) is 44.9 Å². The second kappa shape index (κ2) is 9.08. The Labute approximate surface area is 186 Å². The first kappa shape index (κ1) is 22.0. The lowest BCUT2D eigenvalue weighted by Crippen LogP contribution is -2.38. The third-order valence-electron chi connectivity index (χ3n) is 5.17. The quantitative estimate of drug-likeness (QED) is 0.555. The Balaban J connectivity index is 1.59. The molecule has 0 aliphatic carbocycles. The number of aromatic amines is 1. The van der Waals surface area contributed by atoms with Crippen LogP contribution < -0.4 is 0 Å². The van der Waals surface area contributed by atoms with Crippen LogP contribution in [0.4, 0.5) is 9.18 Å². The number of hydrogen-bond donors (Lipinski definition) is 1. The number of piperidine rings is 1. The van der Waals surface area contributed by atoms with Gasteiger partial charge in [0.1, 0.15) is 17.2 Å². The number of nitrogens with one attached hydrogen (secondary N) is 1. The van der Waals surface area contributed by atoms with Gasteiger partial charge in [-0.3, -0.25) is 4.98 Å². The van der Waals surface area contributed by atoms with Gasteiger partial charge in [-0.2, -0.15) is 0 Å². The lowest BCUT2D eigenvalue weighted by molar-refractivity contribution is -0.153. The molecule has 2 aromatic heterocycles. The van der Waals surface area contributed by atoms with Crippen LogP contribution in [0.15, 0.2) is 48.8 Å². The van der Waals surface area contributed by atoms with Crippen molar-refractivity contribution in [3.8, 4) is 22.5 Å². The maximum atomic E-state index is 13.5. The number of carbonyl (C=O) groups excluding carboxylic acids is 1. The Hall–Kier alpha value is -3.26. The monoisotopic (exact) mass is 438 g/mol. The average molecular weight is 439 g/mol. The van der Waals surface area contributed by atoms with Gasteiger partial charge in [0.05, 0.1) is 11.4 Å². The topological polar surface area (TPSA) is 80.3 Å². The maximum absolute atomic E-state index is 13.5. The number of rotatable bonds is 4. The molecule has 1 N–H and O–H groups in total. The van der Waals surface area contributed by atoms with Gasteiger partial charge in [-0.05, 0) is 70.0 Å². The SMILES string of the molecule is CC(C)(C)OC(=O)ON1CCCC(c2nc(-c3ccc(F)cc3)c(-c3ccncc3)[nH]2)C1. The number of ether oxygens (including phenoxy) is 1. The molecule has 4 rings (SSSR count). The minimum atomic E-state index is -0.706. The fourth-order valence-electron chi connectivity index (χ4n) is 3.75. The molecule has 1 atom stereocenters. The van der Waals surface area contributed by atoms with E-state index in [2.05, 4.69) is 9.97 Å². The van der Waals surface area contributed by atoms with Crippen LogP contribution in [0.3, 0.4) is 0 Å². The van der Waals surface area contributed by atoms with Crippen molar-refractivity contribution in [1.82, 2.24) is 20.0 Å². The maximum Gasteiger partial charge on any atom is 0.528 e. The number of hydroxylamine groups is 2. The predicted molar refractivity (Wildman–Crippen MR) is 118 cm³/mol. The number of carbonyl (C=O) groups is 1. The van der Waals surface area contributed by atoms with Crippen LogP contribution in [0.5, 0.6) is 0 Å². The van der Waals surface area contributed by atoms with Gasteiger partial charge < -0.3 is 14.6 Å². The Morgan fingerprint density at radius 2 is 1.84 bits per heavy atom. The summed E-state index contributed by atoms with van der Waals surface area (Å²) in [6.45, 7) is 6.54. The van der Waals surface area contributed by atoms with E-state index in [0.717, 1.165) is 41.2 Å². The van der Waals surface area contributed by atoms with Crippen molar-refractivity contribution in [2.24, 2.45) is 0 Å². The summed E-state index contributed by atoms with van der Waals surface area (Å²) in [5.41, 5.74) is 2.74. The van der Waals surface area contributed by atoms with E-state index in [9.17, 15) is 9.18 Å². The zero-order valence-electron chi connectivity index (χ0n) is 18.5. The molecule has 0 radical (unpaired) electrons. The second-order valence-corrected chi connectivity index (χ2v) is 8.87. The van der Waals surface area contributed by atoms with Crippen LogP contribution >= 0.6 is 0 Å². The normalized spacial score (nSPS) is 17.2. The average Bonchev–Trinajstić information content (AvgIpc) is 3.19.